The van der Waals surface area contributed by atoms with E-state index in [0.29, 0.717) is 17.1 Å². The number of carbonyl (C=O) groups excluding carboxylic acids is 2. The second kappa shape index (κ2) is 10.1. The van der Waals surface area contributed by atoms with Gasteiger partial charge in [0.25, 0.3) is 11.8 Å². The van der Waals surface area contributed by atoms with Crippen LogP contribution in [-0.2, 0) is 13.5 Å². The molecule has 3 aromatic rings. The van der Waals surface area contributed by atoms with E-state index in [4.69, 9.17) is 4.74 Å². The van der Waals surface area contributed by atoms with Gasteiger partial charge in [0.1, 0.15) is 5.69 Å². The summed E-state index contributed by atoms with van der Waals surface area (Å²) in [6.45, 7) is 3.91. The SMILES string of the molecule is COc1cc(C(=O)N(C)[C@@H](C)CCc2ccc(NC(=O)c3cccn3C)cc2)c(C)cn1. The van der Waals surface area contributed by atoms with Crippen LogP contribution in [0.15, 0.2) is 54.9 Å². The van der Waals surface area contributed by atoms with Crippen LogP contribution in [0.5, 0.6) is 5.88 Å². The van der Waals surface area contributed by atoms with E-state index >= 15 is 0 Å². The topological polar surface area (TPSA) is 76.5 Å². The van der Waals surface area contributed by atoms with Crippen LogP contribution >= 0.6 is 0 Å². The van der Waals surface area contributed by atoms with Gasteiger partial charge in [0.2, 0.25) is 5.88 Å². The fraction of sp³-hybridized carbons (Fsp3) is 0.320. The Labute approximate surface area is 189 Å². The Bertz CT molecular complexity index is 1090. The summed E-state index contributed by atoms with van der Waals surface area (Å²) < 4.78 is 6.94. The molecule has 1 aromatic carbocycles. The van der Waals surface area contributed by atoms with Crippen LogP contribution in [0, 0.1) is 6.92 Å². The monoisotopic (exact) mass is 434 g/mol. The number of nitrogens with zero attached hydrogens (tertiary/aromatic N) is 3. The number of aromatic nitrogens is 2. The molecule has 1 N–H and O–H groups in total. The van der Waals surface area contributed by atoms with E-state index < -0.39 is 0 Å². The number of rotatable bonds is 8. The molecule has 7 heteroatoms. The van der Waals surface area contributed by atoms with Gasteiger partial charge in [-0.3, -0.25) is 9.59 Å². The normalized spacial score (nSPS) is 11.7. The van der Waals surface area contributed by atoms with Gasteiger partial charge in [-0.1, -0.05) is 12.1 Å². The van der Waals surface area contributed by atoms with Crippen molar-refractivity contribution in [2.24, 2.45) is 7.05 Å². The summed E-state index contributed by atoms with van der Waals surface area (Å²) in [5.41, 5.74) is 3.93. The summed E-state index contributed by atoms with van der Waals surface area (Å²) in [4.78, 5) is 31.2. The molecule has 2 amide bonds. The van der Waals surface area contributed by atoms with E-state index in [0.717, 1.165) is 29.7 Å². The zero-order chi connectivity index (χ0) is 23.3. The molecule has 0 fully saturated rings. The smallest absolute Gasteiger partial charge is 0.272 e. The lowest BCUT2D eigenvalue weighted by Crippen LogP contribution is -2.35. The van der Waals surface area contributed by atoms with Crippen molar-refractivity contribution in [3.05, 3.63) is 77.2 Å². The van der Waals surface area contributed by atoms with Crippen molar-refractivity contribution in [2.45, 2.75) is 32.7 Å². The number of anilines is 1. The Morgan fingerprint density at radius 2 is 1.94 bits per heavy atom. The minimum absolute atomic E-state index is 0.0468. The molecule has 1 atom stereocenters. The number of nitrogens with one attached hydrogen (secondary N) is 1. The second-order valence-corrected chi connectivity index (χ2v) is 8.00. The highest BCUT2D eigenvalue weighted by Gasteiger charge is 2.20. The number of hydrogen-bond donors (Lipinski definition) is 1. The van der Waals surface area contributed by atoms with Crippen LogP contribution in [0.4, 0.5) is 5.69 Å². The Morgan fingerprint density at radius 1 is 1.22 bits per heavy atom. The molecule has 0 saturated heterocycles. The first-order chi connectivity index (χ1) is 15.3. The third-order valence-corrected chi connectivity index (χ3v) is 5.74. The highest BCUT2D eigenvalue weighted by Crippen LogP contribution is 2.19. The van der Waals surface area contributed by atoms with E-state index in [2.05, 4.69) is 10.3 Å². The van der Waals surface area contributed by atoms with Gasteiger partial charge in [-0.2, -0.15) is 0 Å². The highest BCUT2D eigenvalue weighted by molar-refractivity contribution is 6.03. The summed E-state index contributed by atoms with van der Waals surface area (Å²) in [7, 11) is 5.20. The summed E-state index contributed by atoms with van der Waals surface area (Å²) in [5, 5.41) is 2.92. The van der Waals surface area contributed by atoms with Gasteiger partial charge in [-0.15, -0.1) is 0 Å². The van der Waals surface area contributed by atoms with Gasteiger partial charge in [-0.25, -0.2) is 4.98 Å². The van der Waals surface area contributed by atoms with E-state index in [-0.39, 0.29) is 17.9 Å². The first-order valence-corrected chi connectivity index (χ1v) is 10.6. The molecule has 0 aliphatic rings. The molecule has 0 spiro atoms. The molecule has 32 heavy (non-hydrogen) atoms. The quantitative estimate of drug-likeness (QED) is 0.580. The average Bonchev–Trinajstić information content (AvgIpc) is 3.23. The number of methoxy groups -OCH3 is 1. The van der Waals surface area contributed by atoms with Crippen molar-refractivity contribution in [1.82, 2.24) is 14.5 Å². The second-order valence-electron chi connectivity index (χ2n) is 8.00. The van der Waals surface area contributed by atoms with Gasteiger partial charge in [0.05, 0.1) is 7.11 Å². The van der Waals surface area contributed by atoms with Crippen molar-refractivity contribution >= 4 is 17.5 Å². The minimum atomic E-state index is -0.137. The summed E-state index contributed by atoms with van der Waals surface area (Å²) in [5.74, 6) is 0.246. The number of carbonyl (C=O) groups is 2. The van der Waals surface area contributed by atoms with E-state index in [1.54, 1.807) is 27.8 Å². The number of aryl methyl sites for hydroxylation is 3. The Kier molecular flexibility index (Phi) is 7.30. The molecule has 0 bridgehead atoms. The molecule has 2 aromatic heterocycles. The Hall–Kier alpha value is -3.61. The molecule has 2 heterocycles. The van der Waals surface area contributed by atoms with Crippen molar-refractivity contribution in [3.63, 3.8) is 0 Å². The third kappa shape index (κ3) is 5.35. The highest BCUT2D eigenvalue weighted by atomic mass is 16.5. The molecule has 168 valence electrons. The lowest BCUT2D eigenvalue weighted by atomic mass is 10.0. The molecule has 3 rings (SSSR count). The molecular weight excluding hydrogens is 404 g/mol. The standard InChI is InChI=1S/C25H30N4O3/c1-17-16-26-23(32-5)15-21(17)25(31)29(4)18(2)8-9-19-10-12-20(13-11-19)27-24(30)22-7-6-14-28(22)3/h6-7,10-16,18H,8-9H2,1-5H3,(H,27,30)/t18-/m0/s1. The summed E-state index contributed by atoms with van der Waals surface area (Å²) >= 11 is 0. The van der Waals surface area contributed by atoms with Crippen LogP contribution in [0.1, 0.15) is 45.3 Å². The summed E-state index contributed by atoms with van der Waals surface area (Å²) in [6, 6.07) is 13.2. The maximum Gasteiger partial charge on any atom is 0.272 e. The first-order valence-electron chi connectivity index (χ1n) is 10.6. The number of pyridine rings is 1. The number of benzene rings is 1. The fourth-order valence-corrected chi connectivity index (χ4v) is 3.45. The maximum atomic E-state index is 13.0. The molecule has 7 nitrogen and oxygen atoms in total. The lowest BCUT2D eigenvalue weighted by Gasteiger charge is -2.26. The predicted octanol–water partition coefficient (Wildman–Crippen LogP) is 4.08. The van der Waals surface area contributed by atoms with Gasteiger partial charge in [-0.05, 0) is 62.1 Å². The zero-order valence-corrected chi connectivity index (χ0v) is 19.3. The molecule has 0 unspecified atom stereocenters. The van der Waals surface area contributed by atoms with E-state index in [9.17, 15) is 9.59 Å². The predicted molar refractivity (Wildman–Crippen MR) is 125 cm³/mol. The fourth-order valence-electron chi connectivity index (χ4n) is 3.45. The van der Waals surface area contributed by atoms with Crippen molar-refractivity contribution in [2.75, 3.05) is 19.5 Å². The first kappa shape index (κ1) is 23.1. The van der Waals surface area contributed by atoms with Crippen molar-refractivity contribution in [1.29, 1.82) is 0 Å². The number of ether oxygens (including phenoxy) is 1. The van der Waals surface area contributed by atoms with Crippen molar-refractivity contribution in [3.8, 4) is 5.88 Å². The van der Waals surface area contributed by atoms with E-state index in [1.165, 1.54) is 7.11 Å². The number of hydrogen-bond acceptors (Lipinski definition) is 4. The zero-order valence-electron chi connectivity index (χ0n) is 19.3. The minimum Gasteiger partial charge on any atom is -0.481 e. The maximum absolute atomic E-state index is 13.0. The summed E-state index contributed by atoms with van der Waals surface area (Å²) in [6.07, 6.45) is 5.14. The van der Waals surface area contributed by atoms with Gasteiger partial charge < -0.3 is 19.5 Å². The molecule has 0 radical (unpaired) electrons. The van der Waals surface area contributed by atoms with Gasteiger partial charge in [0.15, 0.2) is 0 Å². The average molecular weight is 435 g/mol. The van der Waals surface area contributed by atoms with Gasteiger partial charge >= 0.3 is 0 Å². The Morgan fingerprint density at radius 3 is 2.56 bits per heavy atom. The Balaban J connectivity index is 1.56. The third-order valence-electron chi connectivity index (χ3n) is 5.74. The lowest BCUT2D eigenvalue weighted by molar-refractivity contribution is 0.0736. The van der Waals surface area contributed by atoms with Crippen LogP contribution in [-0.4, -0.2) is 46.5 Å². The van der Waals surface area contributed by atoms with Crippen LogP contribution in [0.3, 0.4) is 0 Å². The van der Waals surface area contributed by atoms with Crippen LogP contribution in [0.2, 0.25) is 0 Å². The number of amides is 2. The van der Waals surface area contributed by atoms with Gasteiger partial charge in [0, 0.05) is 49.8 Å². The van der Waals surface area contributed by atoms with Crippen molar-refractivity contribution < 1.29 is 14.3 Å². The molecule has 0 aliphatic carbocycles. The molecule has 0 aliphatic heterocycles. The molecule has 0 saturated carbocycles. The van der Waals surface area contributed by atoms with E-state index in [1.807, 2.05) is 64.5 Å². The van der Waals surface area contributed by atoms with Crippen LogP contribution < -0.4 is 10.1 Å². The van der Waals surface area contributed by atoms with Crippen LogP contribution in [0.25, 0.3) is 0 Å². The molecular formula is C25H30N4O3. The largest absolute Gasteiger partial charge is 0.481 e.